The summed E-state index contributed by atoms with van der Waals surface area (Å²) in [6.07, 6.45) is 3.22. The van der Waals surface area contributed by atoms with Gasteiger partial charge in [-0.1, -0.05) is 37.6 Å². The molecule has 25 heavy (non-hydrogen) atoms. The van der Waals surface area contributed by atoms with E-state index in [1.54, 1.807) is 0 Å². The average Bonchev–Trinajstić information content (AvgIpc) is 2.50. The van der Waals surface area contributed by atoms with Crippen LogP contribution in [0.2, 0.25) is 5.02 Å². The lowest BCUT2D eigenvalue weighted by molar-refractivity contribution is -0.121. The van der Waals surface area contributed by atoms with Gasteiger partial charge in [0.05, 0.1) is 6.42 Å². The third kappa shape index (κ3) is 8.25. The average molecular weight is 370 g/mol. The Morgan fingerprint density at radius 1 is 1.20 bits per heavy atom. The fraction of sp³-hybridized carbons (Fsp3) is 0.579. The van der Waals surface area contributed by atoms with Crippen LogP contribution in [0.3, 0.4) is 0 Å². The molecular formula is C19H28ClNO4. The van der Waals surface area contributed by atoms with Crippen molar-refractivity contribution in [2.75, 3.05) is 0 Å². The number of carbonyl (C=O) groups is 2. The van der Waals surface area contributed by atoms with Gasteiger partial charge in [-0.2, -0.15) is 0 Å². The lowest BCUT2D eigenvalue weighted by Crippen LogP contribution is -2.39. The van der Waals surface area contributed by atoms with Gasteiger partial charge in [-0.3, -0.25) is 4.79 Å². The van der Waals surface area contributed by atoms with Crippen LogP contribution in [0, 0.1) is 18.8 Å². The molecule has 0 radical (unpaired) electrons. The largest absolute Gasteiger partial charge is 0.503 e. The molecule has 0 spiro atoms. The van der Waals surface area contributed by atoms with E-state index in [1.807, 2.05) is 25.1 Å². The SMILES string of the molecule is Cc1ccc(CC(=O)NC2CCC(C(C)C)CC2)c(Cl)c1.O=C(O)O. The number of hydrogen-bond acceptors (Lipinski definition) is 2. The molecule has 0 saturated heterocycles. The standard InChI is InChI=1S/C18H26ClNO.CH2O3/c1-12(2)14-6-8-16(9-7-14)20-18(21)11-15-5-4-13(3)10-17(15)19;2-1(3)4/h4-5,10,12,14,16H,6-9,11H2,1-3H3,(H,20,21);(H2,2,3,4). The Morgan fingerprint density at radius 2 is 1.76 bits per heavy atom. The fourth-order valence-electron chi connectivity index (χ4n) is 3.18. The highest BCUT2D eigenvalue weighted by atomic mass is 35.5. The summed E-state index contributed by atoms with van der Waals surface area (Å²) in [5, 5.41) is 17.8. The number of benzene rings is 1. The lowest BCUT2D eigenvalue weighted by Gasteiger charge is -2.31. The second kappa shape index (κ2) is 10.3. The minimum Gasteiger partial charge on any atom is -0.450 e. The Morgan fingerprint density at radius 3 is 2.24 bits per heavy atom. The Kier molecular flexibility index (Phi) is 8.76. The number of nitrogens with one attached hydrogen (secondary N) is 1. The molecule has 1 saturated carbocycles. The molecule has 140 valence electrons. The van der Waals surface area contributed by atoms with Gasteiger partial charge in [0.25, 0.3) is 0 Å². The van der Waals surface area contributed by atoms with Gasteiger partial charge in [-0.15, -0.1) is 0 Å². The van der Waals surface area contributed by atoms with Crippen molar-refractivity contribution in [1.82, 2.24) is 5.32 Å². The molecule has 1 aromatic rings. The first kappa shape index (κ1) is 21.3. The van der Waals surface area contributed by atoms with Crippen LogP contribution >= 0.6 is 11.6 Å². The van der Waals surface area contributed by atoms with E-state index in [4.69, 9.17) is 26.6 Å². The van der Waals surface area contributed by atoms with Gasteiger partial charge >= 0.3 is 6.16 Å². The summed E-state index contributed by atoms with van der Waals surface area (Å²) >= 11 is 6.19. The predicted molar refractivity (Wildman–Crippen MR) is 99.3 cm³/mol. The lowest BCUT2D eigenvalue weighted by atomic mass is 9.79. The summed E-state index contributed by atoms with van der Waals surface area (Å²) in [6, 6.07) is 6.21. The Hall–Kier alpha value is -1.75. The number of amides is 1. The molecule has 5 nitrogen and oxygen atoms in total. The summed E-state index contributed by atoms with van der Waals surface area (Å²) in [7, 11) is 0. The molecule has 0 aromatic heterocycles. The van der Waals surface area contributed by atoms with E-state index in [2.05, 4.69) is 19.2 Å². The molecule has 1 aliphatic carbocycles. The summed E-state index contributed by atoms with van der Waals surface area (Å²) in [6.45, 7) is 6.59. The van der Waals surface area contributed by atoms with Gasteiger partial charge in [0, 0.05) is 11.1 Å². The summed E-state index contributed by atoms with van der Waals surface area (Å²) in [5.41, 5.74) is 2.03. The maximum absolute atomic E-state index is 12.2. The molecule has 2 rings (SSSR count). The minimum atomic E-state index is -1.83. The van der Waals surface area contributed by atoms with Gasteiger partial charge in [0.15, 0.2) is 0 Å². The highest BCUT2D eigenvalue weighted by Crippen LogP contribution is 2.30. The summed E-state index contributed by atoms with van der Waals surface area (Å²) in [5.74, 6) is 1.67. The Labute approximate surface area is 154 Å². The number of carboxylic acid groups (broad SMARTS) is 2. The van der Waals surface area contributed by atoms with Crippen molar-refractivity contribution in [2.24, 2.45) is 11.8 Å². The highest BCUT2D eigenvalue weighted by molar-refractivity contribution is 6.31. The third-order valence-corrected chi connectivity index (χ3v) is 4.99. The van der Waals surface area contributed by atoms with Gasteiger partial charge in [-0.05, 0) is 61.6 Å². The maximum atomic E-state index is 12.2. The third-order valence-electron chi connectivity index (χ3n) is 4.64. The van der Waals surface area contributed by atoms with Crippen LogP contribution in [0.25, 0.3) is 0 Å². The molecule has 0 aliphatic heterocycles. The van der Waals surface area contributed by atoms with E-state index in [0.29, 0.717) is 17.5 Å². The second-order valence-electron chi connectivity index (χ2n) is 6.98. The monoisotopic (exact) mass is 369 g/mol. The van der Waals surface area contributed by atoms with Gasteiger partial charge in [0.2, 0.25) is 5.91 Å². The minimum absolute atomic E-state index is 0.0914. The van der Waals surface area contributed by atoms with Gasteiger partial charge in [0.1, 0.15) is 0 Å². The van der Waals surface area contributed by atoms with Crippen LogP contribution < -0.4 is 5.32 Å². The molecule has 1 aromatic carbocycles. The first-order valence-electron chi connectivity index (χ1n) is 8.65. The van der Waals surface area contributed by atoms with Crippen LogP contribution in [0.4, 0.5) is 4.79 Å². The number of aryl methyl sites for hydroxylation is 1. The van der Waals surface area contributed by atoms with Crippen molar-refractivity contribution in [3.05, 3.63) is 34.3 Å². The number of hydrogen-bond donors (Lipinski definition) is 3. The van der Waals surface area contributed by atoms with E-state index in [9.17, 15) is 4.79 Å². The predicted octanol–water partition coefficient (Wildman–Crippen LogP) is 4.74. The summed E-state index contributed by atoms with van der Waals surface area (Å²) < 4.78 is 0. The smallest absolute Gasteiger partial charge is 0.450 e. The van der Waals surface area contributed by atoms with Crippen molar-refractivity contribution < 1.29 is 19.8 Å². The quantitative estimate of drug-likeness (QED) is 0.715. The first-order valence-corrected chi connectivity index (χ1v) is 9.03. The maximum Gasteiger partial charge on any atom is 0.503 e. The molecule has 0 heterocycles. The van der Waals surface area contributed by atoms with Crippen LogP contribution in [0.5, 0.6) is 0 Å². The van der Waals surface area contributed by atoms with Crippen molar-refractivity contribution in [2.45, 2.75) is 58.9 Å². The molecule has 3 N–H and O–H groups in total. The number of carbonyl (C=O) groups excluding carboxylic acids is 1. The van der Waals surface area contributed by atoms with Crippen LogP contribution in [0.1, 0.15) is 50.7 Å². The van der Waals surface area contributed by atoms with E-state index in [-0.39, 0.29) is 5.91 Å². The Bertz CT molecular complexity index is 577. The fourth-order valence-corrected chi connectivity index (χ4v) is 3.48. The van der Waals surface area contributed by atoms with Gasteiger partial charge < -0.3 is 15.5 Å². The highest BCUT2D eigenvalue weighted by Gasteiger charge is 2.24. The summed E-state index contributed by atoms with van der Waals surface area (Å²) in [4.78, 5) is 20.7. The molecule has 1 fully saturated rings. The molecule has 0 bridgehead atoms. The molecule has 1 aliphatic rings. The number of rotatable bonds is 4. The van der Waals surface area contributed by atoms with E-state index in [1.165, 1.54) is 12.8 Å². The van der Waals surface area contributed by atoms with Crippen molar-refractivity contribution in [1.29, 1.82) is 0 Å². The molecule has 1 amide bonds. The second-order valence-corrected chi connectivity index (χ2v) is 7.38. The van der Waals surface area contributed by atoms with E-state index < -0.39 is 6.16 Å². The van der Waals surface area contributed by atoms with Crippen LogP contribution in [0.15, 0.2) is 18.2 Å². The van der Waals surface area contributed by atoms with E-state index in [0.717, 1.165) is 35.8 Å². The molecule has 0 unspecified atom stereocenters. The zero-order valence-corrected chi connectivity index (χ0v) is 15.8. The van der Waals surface area contributed by atoms with Crippen LogP contribution in [-0.4, -0.2) is 28.3 Å². The first-order chi connectivity index (χ1) is 11.7. The normalized spacial score (nSPS) is 19.7. The zero-order chi connectivity index (χ0) is 19.0. The van der Waals surface area contributed by atoms with Crippen molar-refractivity contribution in [3.8, 4) is 0 Å². The molecule has 6 heteroatoms. The topological polar surface area (TPSA) is 86.6 Å². The van der Waals surface area contributed by atoms with Crippen molar-refractivity contribution in [3.63, 3.8) is 0 Å². The Balaban J connectivity index is 0.000000705. The molecular weight excluding hydrogens is 342 g/mol. The van der Waals surface area contributed by atoms with E-state index >= 15 is 0 Å². The zero-order valence-electron chi connectivity index (χ0n) is 15.1. The van der Waals surface area contributed by atoms with Gasteiger partial charge in [-0.25, -0.2) is 4.79 Å². The number of halogens is 1. The van der Waals surface area contributed by atoms with Crippen molar-refractivity contribution >= 4 is 23.7 Å². The van der Waals surface area contributed by atoms with Crippen LogP contribution in [-0.2, 0) is 11.2 Å². The molecule has 0 atom stereocenters.